The van der Waals surface area contributed by atoms with E-state index in [1.54, 1.807) is 12.3 Å². The minimum atomic E-state index is -0.0624. The van der Waals surface area contributed by atoms with E-state index in [4.69, 9.17) is 10.2 Å². The third-order valence-electron chi connectivity index (χ3n) is 2.35. The SMILES string of the molecule is CC(N)CCC(=O)Nc1nc(-c2ccco2)cs1.Cl. The molecular formula is C12H16ClN3O2S. The lowest BCUT2D eigenvalue weighted by molar-refractivity contribution is -0.116. The van der Waals surface area contributed by atoms with Crippen molar-refractivity contribution in [2.24, 2.45) is 5.73 Å². The van der Waals surface area contributed by atoms with Crippen LogP contribution in [0, 0.1) is 0 Å². The number of nitrogens with one attached hydrogen (secondary N) is 1. The maximum absolute atomic E-state index is 11.6. The maximum atomic E-state index is 11.6. The van der Waals surface area contributed by atoms with Crippen LogP contribution >= 0.6 is 23.7 Å². The molecule has 1 atom stereocenters. The number of hydrogen-bond donors (Lipinski definition) is 2. The molecule has 1 amide bonds. The third kappa shape index (κ3) is 4.66. The van der Waals surface area contributed by atoms with Gasteiger partial charge in [-0.25, -0.2) is 4.98 Å². The van der Waals surface area contributed by atoms with Gasteiger partial charge in [0.05, 0.1) is 6.26 Å². The fourth-order valence-electron chi connectivity index (χ4n) is 1.41. The predicted octanol–water partition coefficient (Wildman–Crippen LogP) is 2.89. The molecule has 0 aromatic carbocycles. The molecule has 0 fully saturated rings. The summed E-state index contributed by atoms with van der Waals surface area (Å²) in [7, 11) is 0. The van der Waals surface area contributed by atoms with E-state index in [0.29, 0.717) is 23.7 Å². The molecule has 2 heterocycles. The van der Waals surface area contributed by atoms with Gasteiger partial charge in [-0.3, -0.25) is 4.79 Å². The Morgan fingerprint density at radius 2 is 2.42 bits per heavy atom. The van der Waals surface area contributed by atoms with Crippen molar-refractivity contribution < 1.29 is 9.21 Å². The number of carbonyl (C=O) groups excluding carboxylic acids is 1. The van der Waals surface area contributed by atoms with Crippen molar-refractivity contribution in [1.82, 2.24) is 4.98 Å². The summed E-state index contributed by atoms with van der Waals surface area (Å²) in [6.07, 6.45) is 2.67. The van der Waals surface area contributed by atoms with Crippen molar-refractivity contribution in [3.63, 3.8) is 0 Å². The first-order chi connectivity index (χ1) is 8.65. The van der Waals surface area contributed by atoms with Gasteiger partial charge in [0, 0.05) is 17.8 Å². The Morgan fingerprint density at radius 3 is 3.05 bits per heavy atom. The maximum Gasteiger partial charge on any atom is 0.226 e. The summed E-state index contributed by atoms with van der Waals surface area (Å²) in [5.41, 5.74) is 6.33. The second-order valence-electron chi connectivity index (χ2n) is 4.08. The minimum absolute atomic E-state index is 0. The smallest absolute Gasteiger partial charge is 0.226 e. The molecule has 1 unspecified atom stereocenters. The molecule has 0 aliphatic heterocycles. The summed E-state index contributed by atoms with van der Waals surface area (Å²) in [6, 6.07) is 3.66. The van der Waals surface area contributed by atoms with Crippen LogP contribution in [0.3, 0.4) is 0 Å². The van der Waals surface area contributed by atoms with Crippen LogP contribution < -0.4 is 11.1 Å². The van der Waals surface area contributed by atoms with Crippen LogP contribution in [0.4, 0.5) is 5.13 Å². The summed E-state index contributed by atoms with van der Waals surface area (Å²) in [4.78, 5) is 15.9. The minimum Gasteiger partial charge on any atom is -0.463 e. The monoisotopic (exact) mass is 301 g/mol. The summed E-state index contributed by atoms with van der Waals surface area (Å²) in [5, 5.41) is 5.18. The second-order valence-corrected chi connectivity index (χ2v) is 4.94. The lowest BCUT2D eigenvalue weighted by Gasteiger charge is -2.03. The van der Waals surface area contributed by atoms with Gasteiger partial charge < -0.3 is 15.5 Å². The van der Waals surface area contributed by atoms with E-state index in [1.807, 2.05) is 18.4 Å². The van der Waals surface area contributed by atoms with Gasteiger partial charge in [0.25, 0.3) is 0 Å². The van der Waals surface area contributed by atoms with Gasteiger partial charge in [-0.05, 0) is 25.5 Å². The fourth-order valence-corrected chi connectivity index (χ4v) is 2.13. The molecule has 19 heavy (non-hydrogen) atoms. The molecule has 0 aliphatic carbocycles. The van der Waals surface area contributed by atoms with E-state index in [-0.39, 0.29) is 24.4 Å². The highest BCUT2D eigenvalue weighted by Gasteiger charge is 2.09. The van der Waals surface area contributed by atoms with E-state index in [9.17, 15) is 4.79 Å². The van der Waals surface area contributed by atoms with Crippen LogP contribution in [0.5, 0.6) is 0 Å². The summed E-state index contributed by atoms with van der Waals surface area (Å²) >= 11 is 1.38. The fraction of sp³-hybridized carbons (Fsp3) is 0.333. The average Bonchev–Trinajstić information content (AvgIpc) is 2.95. The highest BCUT2D eigenvalue weighted by molar-refractivity contribution is 7.14. The Hall–Kier alpha value is -1.37. The largest absolute Gasteiger partial charge is 0.463 e. The number of halogens is 1. The molecule has 0 spiro atoms. The standard InChI is InChI=1S/C12H15N3O2S.ClH/c1-8(13)4-5-11(16)15-12-14-9(7-18-12)10-3-2-6-17-10;/h2-3,6-8H,4-5,13H2,1H3,(H,14,15,16);1H. The van der Waals surface area contributed by atoms with E-state index < -0.39 is 0 Å². The number of aromatic nitrogens is 1. The number of amides is 1. The van der Waals surface area contributed by atoms with Crippen LogP contribution in [-0.2, 0) is 4.79 Å². The zero-order valence-electron chi connectivity index (χ0n) is 10.5. The zero-order valence-corrected chi connectivity index (χ0v) is 12.1. The quantitative estimate of drug-likeness (QED) is 0.889. The molecule has 104 valence electrons. The van der Waals surface area contributed by atoms with E-state index in [1.165, 1.54) is 11.3 Å². The molecule has 5 nitrogen and oxygen atoms in total. The molecule has 2 aromatic heterocycles. The van der Waals surface area contributed by atoms with Crippen molar-refractivity contribution in [3.05, 3.63) is 23.8 Å². The Labute approximate surface area is 121 Å². The van der Waals surface area contributed by atoms with Crippen molar-refractivity contribution in [3.8, 4) is 11.5 Å². The first kappa shape index (κ1) is 15.7. The topological polar surface area (TPSA) is 81.2 Å². The number of carbonyl (C=O) groups is 1. The first-order valence-electron chi connectivity index (χ1n) is 5.70. The predicted molar refractivity (Wildman–Crippen MR) is 78.6 cm³/mol. The Morgan fingerprint density at radius 1 is 1.63 bits per heavy atom. The molecule has 7 heteroatoms. The number of nitrogens with zero attached hydrogens (tertiary/aromatic N) is 1. The van der Waals surface area contributed by atoms with Crippen LogP contribution in [0.25, 0.3) is 11.5 Å². The van der Waals surface area contributed by atoms with Gasteiger partial charge in [0.2, 0.25) is 5.91 Å². The van der Waals surface area contributed by atoms with Crippen molar-refractivity contribution in [2.75, 3.05) is 5.32 Å². The highest BCUT2D eigenvalue weighted by Crippen LogP contribution is 2.25. The Kier molecular flexibility index (Phi) is 6.01. The zero-order chi connectivity index (χ0) is 13.0. The molecule has 0 aliphatic rings. The molecule has 2 aromatic rings. The van der Waals surface area contributed by atoms with Crippen LogP contribution in [0.1, 0.15) is 19.8 Å². The van der Waals surface area contributed by atoms with Gasteiger partial charge in [-0.2, -0.15) is 0 Å². The molecular weight excluding hydrogens is 286 g/mol. The lowest BCUT2D eigenvalue weighted by Crippen LogP contribution is -2.19. The average molecular weight is 302 g/mol. The van der Waals surface area contributed by atoms with Gasteiger partial charge >= 0.3 is 0 Å². The molecule has 0 saturated carbocycles. The normalized spacial score (nSPS) is 11.7. The van der Waals surface area contributed by atoms with Crippen LogP contribution in [0.2, 0.25) is 0 Å². The van der Waals surface area contributed by atoms with Gasteiger partial charge in [0.1, 0.15) is 5.69 Å². The number of nitrogens with two attached hydrogens (primary N) is 1. The molecule has 0 saturated heterocycles. The van der Waals surface area contributed by atoms with Gasteiger partial charge in [0.15, 0.2) is 10.9 Å². The molecule has 3 N–H and O–H groups in total. The first-order valence-corrected chi connectivity index (χ1v) is 6.58. The lowest BCUT2D eigenvalue weighted by atomic mass is 10.2. The third-order valence-corrected chi connectivity index (χ3v) is 3.11. The molecule has 2 rings (SSSR count). The summed E-state index contributed by atoms with van der Waals surface area (Å²) in [6.45, 7) is 1.88. The van der Waals surface area contributed by atoms with E-state index >= 15 is 0 Å². The van der Waals surface area contributed by atoms with Crippen LogP contribution in [-0.4, -0.2) is 16.9 Å². The number of furan rings is 1. The Bertz CT molecular complexity index is 511. The molecule has 0 bridgehead atoms. The van der Waals surface area contributed by atoms with Crippen LogP contribution in [0.15, 0.2) is 28.2 Å². The van der Waals surface area contributed by atoms with Crippen molar-refractivity contribution in [2.45, 2.75) is 25.8 Å². The van der Waals surface area contributed by atoms with E-state index in [2.05, 4.69) is 10.3 Å². The van der Waals surface area contributed by atoms with Crippen molar-refractivity contribution >= 4 is 34.8 Å². The number of thiazole rings is 1. The molecule has 0 radical (unpaired) electrons. The van der Waals surface area contributed by atoms with E-state index in [0.717, 1.165) is 5.69 Å². The Balaban J connectivity index is 0.00000180. The summed E-state index contributed by atoms with van der Waals surface area (Å²) < 4.78 is 5.23. The van der Waals surface area contributed by atoms with Gasteiger partial charge in [-0.15, -0.1) is 23.7 Å². The number of hydrogen-bond acceptors (Lipinski definition) is 5. The second kappa shape index (κ2) is 7.28. The highest BCUT2D eigenvalue weighted by atomic mass is 35.5. The summed E-state index contributed by atoms with van der Waals surface area (Å²) in [5.74, 6) is 0.634. The number of rotatable bonds is 5. The van der Waals surface area contributed by atoms with Gasteiger partial charge in [-0.1, -0.05) is 0 Å². The van der Waals surface area contributed by atoms with Crippen molar-refractivity contribution in [1.29, 1.82) is 0 Å². The number of anilines is 1.